The van der Waals surface area contributed by atoms with Crippen LogP contribution in [0.2, 0.25) is 0 Å². The van der Waals surface area contributed by atoms with E-state index in [1.165, 1.54) is 6.40 Å². The van der Waals surface area contributed by atoms with Crippen LogP contribution < -0.4 is 5.32 Å². The molecule has 0 aromatic rings. The van der Waals surface area contributed by atoms with Crippen molar-refractivity contribution in [2.45, 2.75) is 0 Å². The van der Waals surface area contributed by atoms with E-state index in [1.807, 2.05) is 7.05 Å². The van der Waals surface area contributed by atoms with Gasteiger partial charge in [0, 0.05) is 13.6 Å². The van der Waals surface area contributed by atoms with Crippen molar-refractivity contribution in [3.8, 4) is 0 Å². The van der Waals surface area contributed by atoms with Crippen molar-refractivity contribution in [2.75, 3.05) is 27.2 Å². The van der Waals surface area contributed by atoms with Crippen LogP contribution in [0.15, 0.2) is 4.99 Å². The van der Waals surface area contributed by atoms with Gasteiger partial charge in [-0.25, -0.2) is 0 Å². The Kier molecular flexibility index (Phi) is 5.97. The van der Waals surface area contributed by atoms with Crippen molar-refractivity contribution in [1.29, 1.82) is 0 Å². The highest BCUT2D eigenvalue weighted by Gasteiger charge is 1.75. The van der Waals surface area contributed by atoms with Crippen molar-refractivity contribution in [3.63, 3.8) is 0 Å². The van der Waals surface area contributed by atoms with Gasteiger partial charge in [0.05, 0.1) is 0 Å². The monoisotopic (exact) mass is 116 g/mol. The number of ether oxygens (including phenoxy) is 1. The van der Waals surface area contributed by atoms with Crippen LogP contribution in [0.3, 0.4) is 0 Å². The maximum Gasteiger partial charge on any atom is 0.169 e. The normalized spacial score (nSPS) is 10.2. The zero-order valence-electron chi connectivity index (χ0n) is 5.35. The molecule has 0 aliphatic rings. The zero-order chi connectivity index (χ0) is 6.24. The van der Waals surface area contributed by atoms with Crippen molar-refractivity contribution in [1.82, 2.24) is 5.32 Å². The maximum atomic E-state index is 4.87. The molecule has 0 fully saturated rings. The molecule has 3 nitrogen and oxygen atoms in total. The fraction of sp³-hybridized carbons (Fsp3) is 0.800. The number of rotatable bonds is 4. The third-order valence-corrected chi connectivity index (χ3v) is 0.650. The average Bonchev–Trinajstić information content (AvgIpc) is 1.81. The zero-order valence-corrected chi connectivity index (χ0v) is 5.35. The topological polar surface area (TPSA) is 33.6 Å². The molecule has 0 aliphatic carbocycles. The minimum Gasteiger partial charge on any atom is -0.482 e. The van der Waals surface area contributed by atoms with E-state index >= 15 is 0 Å². The number of hydrogen-bond donors (Lipinski definition) is 1. The Morgan fingerprint density at radius 1 is 1.75 bits per heavy atom. The van der Waals surface area contributed by atoms with Crippen molar-refractivity contribution in [3.05, 3.63) is 0 Å². The smallest absolute Gasteiger partial charge is 0.169 e. The Bertz CT molecular complexity index is 63.4. The summed E-state index contributed by atoms with van der Waals surface area (Å²) in [5.41, 5.74) is 0. The first kappa shape index (κ1) is 7.43. The lowest BCUT2D eigenvalue weighted by molar-refractivity contribution is 0.320. The van der Waals surface area contributed by atoms with Gasteiger partial charge in [-0.15, -0.1) is 0 Å². The van der Waals surface area contributed by atoms with Gasteiger partial charge in [-0.2, -0.15) is 0 Å². The number of nitrogens with zero attached hydrogens (tertiary/aromatic N) is 1. The summed E-state index contributed by atoms with van der Waals surface area (Å²) in [6, 6.07) is 0. The second-order valence-electron chi connectivity index (χ2n) is 1.34. The fourth-order valence-electron chi connectivity index (χ4n) is 0.288. The molecule has 0 saturated heterocycles. The molecule has 0 radical (unpaired) electrons. The lowest BCUT2D eigenvalue weighted by Gasteiger charge is -1.95. The molecule has 8 heavy (non-hydrogen) atoms. The molecule has 0 atom stereocenters. The van der Waals surface area contributed by atoms with Gasteiger partial charge in [-0.05, 0) is 7.05 Å². The Morgan fingerprint density at radius 3 is 3.00 bits per heavy atom. The molecule has 3 heteroatoms. The molecule has 0 aromatic carbocycles. The van der Waals surface area contributed by atoms with E-state index in [1.54, 1.807) is 7.05 Å². The number of aliphatic imine (C=N–C) groups is 1. The average molecular weight is 116 g/mol. The van der Waals surface area contributed by atoms with Crippen LogP contribution in [0.5, 0.6) is 0 Å². The summed E-state index contributed by atoms with van der Waals surface area (Å²) in [6.45, 7) is 1.56. The third-order valence-electron chi connectivity index (χ3n) is 0.650. The first-order chi connectivity index (χ1) is 3.91. The van der Waals surface area contributed by atoms with Crippen molar-refractivity contribution >= 4 is 6.40 Å². The number of nitrogens with one attached hydrogen (secondary N) is 1. The summed E-state index contributed by atoms with van der Waals surface area (Å²) in [6.07, 6.45) is 1.44. The maximum absolute atomic E-state index is 4.87. The first-order valence-corrected chi connectivity index (χ1v) is 2.58. The summed E-state index contributed by atoms with van der Waals surface area (Å²) in [7, 11) is 3.56. The van der Waals surface area contributed by atoms with E-state index in [9.17, 15) is 0 Å². The van der Waals surface area contributed by atoms with Gasteiger partial charge in [0.25, 0.3) is 0 Å². The van der Waals surface area contributed by atoms with Gasteiger partial charge >= 0.3 is 0 Å². The van der Waals surface area contributed by atoms with Crippen LogP contribution in [0, 0.1) is 0 Å². The SMILES string of the molecule is C/N=C/OCCNC. The van der Waals surface area contributed by atoms with E-state index in [4.69, 9.17) is 4.74 Å². The van der Waals surface area contributed by atoms with Crippen LogP contribution in [-0.2, 0) is 4.74 Å². The van der Waals surface area contributed by atoms with Gasteiger partial charge < -0.3 is 10.1 Å². The highest BCUT2D eigenvalue weighted by molar-refractivity contribution is 5.45. The van der Waals surface area contributed by atoms with Gasteiger partial charge in [0.1, 0.15) is 6.61 Å². The summed E-state index contributed by atoms with van der Waals surface area (Å²) >= 11 is 0. The quantitative estimate of drug-likeness (QED) is 0.315. The molecule has 0 rings (SSSR count). The van der Waals surface area contributed by atoms with Crippen LogP contribution in [-0.4, -0.2) is 33.6 Å². The van der Waals surface area contributed by atoms with Gasteiger partial charge in [0.2, 0.25) is 0 Å². The Labute approximate surface area is 49.8 Å². The standard InChI is InChI=1S/C5H12N2O/c1-6-3-4-8-5-7-2/h5-6H,3-4H2,1-2H3/b7-5+. The summed E-state index contributed by atoms with van der Waals surface area (Å²) in [5, 5.41) is 2.94. The van der Waals surface area contributed by atoms with E-state index in [2.05, 4.69) is 10.3 Å². The Morgan fingerprint density at radius 2 is 2.50 bits per heavy atom. The molecule has 0 saturated carbocycles. The van der Waals surface area contributed by atoms with E-state index in [0.717, 1.165) is 6.54 Å². The van der Waals surface area contributed by atoms with Crippen LogP contribution in [0.1, 0.15) is 0 Å². The predicted molar refractivity (Wildman–Crippen MR) is 34.3 cm³/mol. The largest absolute Gasteiger partial charge is 0.482 e. The van der Waals surface area contributed by atoms with Crippen molar-refractivity contribution < 1.29 is 4.74 Å². The Hall–Kier alpha value is -0.570. The van der Waals surface area contributed by atoms with Crippen LogP contribution in [0.4, 0.5) is 0 Å². The predicted octanol–water partition coefficient (Wildman–Crippen LogP) is -0.120. The molecule has 0 aliphatic heterocycles. The minimum atomic E-state index is 0.688. The lowest BCUT2D eigenvalue weighted by Crippen LogP contribution is -2.13. The second-order valence-corrected chi connectivity index (χ2v) is 1.34. The van der Waals surface area contributed by atoms with Crippen molar-refractivity contribution in [2.24, 2.45) is 4.99 Å². The molecule has 0 unspecified atom stereocenters. The molecule has 0 amide bonds. The summed E-state index contributed by atoms with van der Waals surface area (Å²) in [4.78, 5) is 3.63. The van der Waals surface area contributed by atoms with Crippen LogP contribution in [0.25, 0.3) is 0 Å². The minimum absolute atomic E-state index is 0.688. The molecular weight excluding hydrogens is 104 g/mol. The van der Waals surface area contributed by atoms with E-state index < -0.39 is 0 Å². The number of likely N-dealkylation sites (N-methyl/N-ethyl adjacent to an activating group) is 1. The van der Waals surface area contributed by atoms with Gasteiger partial charge in [0.15, 0.2) is 6.40 Å². The van der Waals surface area contributed by atoms with E-state index in [-0.39, 0.29) is 0 Å². The van der Waals surface area contributed by atoms with Gasteiger partial charge in [-0.3, -0.25) is 4.99 Å². The molecule has 0 aromatic heterocycles. The summed E-state index contributed by atoms with van der Waals surface area (Å²) < 4.78 is 4.87. The molecule has 1 N–H and O–H groups in total. The molecular formula is C5H12N2O. The molecule has 0 heterocycles. The molecule has 48 valence electrons. The number of hydrogen-bond acceptors (Lipinski definition) is 3. The molecule has 0 spiro atoms. The van der Waals surface area contributed by atoms with E-state index in [0.29, 0.717) is 6.61 Å². The summed E-state index contributed by atoms with van der Waals surface area (Å²) in [5.74, 6) is 0. The highest BCUT2D eigenvalue weighted by Crippen LogP contribution is 1.63. The van der Waals surface area contributed by atoms with Crippen LogP contribution >= 0.6 is 0 Å². The second kappa shape index (κ2) is 6.43. The lowest BCUT2D eigenvalue weighted by atomic mass is 10.7. The molecule has 0 bridgehead atoms. The third kappa shape index (κ3) is 5.43. The highest BCUT2D eigenvalue weighted by atomic mass is 16.5. The fourth-order valence-corrected chi connectivity index (χ4v) is 0.288. The van der Waals surface area contributed by atoms with Gasteiger partial charge in [-0.1, -0.05) is 0 Å². The first-order valence-electron chi connectivity index (χ1n) is 2.58. The Balaban J connectivity index is 2.72.